The minimum atomic E-state index is -0.223. The van der Waals surface area contributed by atoms with Crippen LogP contribution in [0.3, 0.4) is 0 Å². The summed E-state index contributed by atoms with van der Waals surface area (Å²) in [6, 6.07) is 1.85. The molecule has 0 aliphatic rings. The van der Waals surface area contributed by atoms with Crippen molar-refractivity contribution >= 4 is 27.1 Å². The topological polar surface area (TPSA) is 61.5 Å². The maximum Gasteiger partial charge on any atom is 0.325 e. The van der Waals surface area contributed by atoms with Crippen LogP contribution in [0, 0.1) is 6.92 Å². The summed E-state index contributed by atoms with van der Waals surface area (Å²) in [5.41, 5.74) is 2.12. The second kappa shape index (κ2) is 2.45. The van der Waals surface area contributed by atoms with E-state index in [1.54, 1.807) is 0 Å². The molecule has 2 rings (SSSR count). The zero-order chi connectivity index (χ0) is 8.72. The van der Waals surface area contributed by atoms with Crippen LogP contribution < -0.4 is 5.69 Å². The first kappa shape index (κ1) is 7.54. The molecular formula is C7H6BrN3O. The van der Waals surface area contributed by atoms with E-state index >= 15 is 0 Å². The number of aromatic nitrogens is 3. The van der Waals surface area contributed by atoms with Crippen LogP contribution in [0.4, 0.5) is 0 Å². The maximum absolute atomic E-state index is 10.9. The predicted octanol–water partition coefficient (Wildman–Crippen LogP) is 1.32. The summed E-state index contributed by atoms with van der Waals surface area (Å²) in [4.78, 5) is 20.2. The van der Waals surface area contributed by atoms with E-state index in [2.05, 4.69) is 30.9 Å². The fourth-order valence-corrected chi connectivity index (χ4v) is 1.65. The van der Waals surface area contributed by atoms with Crippen molar-refractivity contribution in [3.8, 4) is 0 Å². The number of hydrogen-bond acceptors (Lipinski definition) is 2. The number of halogens is 1. The van der Waals surface area contributed by atoms with Crippen LogP contribution in [-0.4, -0.2) is 15.0 Å². The standard InChI is InChI=1S/C7H6BrN3O/c1-3-2-4(8)9-6-5(3)10-7(12)11-6/h2H,1H3,(H2,9,10,11,12). The van der Waals surface area contributed by atoms with E-state index in [1.807, 2.05) is 13.0 Å². The van der Waals surface area contributed by atoms with Gasteiger partial charge in [0.2, 0.25) is 0 Å². The van der Waals surface area contributed by atoms with E-state index < -0.39 is 0 Å². The first-order valence-corrected chi connectivity index (χ1v) is 4.21. The van der Waals surface area contributed by atoms with Crippen LogP contribution >= 0.6 is 15.9 Å². The van der Waals surface area contributed by atoms with Crippen LogP contribution in [0.25, 0.3) is 11.2 Å². The van der Waals surface area contributed by atoms with Crippen LogP contribution in [0.15, 0.2) is 15.5 Å². The lowest BCUT2D eigenvalue weighted by Crippen LogP contribution is -1.99. The number of aryl methyl sites for hydroxylation is 1. The quantitative estimate of drug-likeness (QED) is 0.668. The molecule has 0 fully saturated rings. The number of nitrogens with one attached hydrogen (secondary N) is 2. The van der Waals surface area contributed by atoms with Gasteiger partial charge in [-0.1, -0.05) is 0 Å². The van der Waals surface area contributed by atoms with Crippen molar-refractivity contribution in [2.24, 2.45) is 0 Å². The molecule has 0 amide bonds. The van der Waals surface area contributed by atoms with Crippen molar-refractivity contribution in [2.75, 3.05) is 0 Å². The molecule has 62 valence electrons. The Kier molecular flexibility index (Phi) is 1.54. The zero-order valence-corrected chi connectivity index (χ0v) is 7.90. The van der Waals surface area contributed by atoms with Gasteiger partial charge in [-0.25, -0.2) is 9.78 Å². The maximum atomic E-state index is 10.9. The average molecular weight is 228 g/mol. The lowest BCUT2D eigenvalue weighted by atomic mass is 10.3. The Morgan fingerprint density at radius 1 is 1.50 bits per heavy atom. The van der Waals surface area contributed by atoms with Gasteiger partial charge < -0.3 is 4.98 Å². The Morgan fingerprint density at radius 2 is 2.25 bits per heavy atom. The molecule has 0 aromatic carbocycles. The monoisotopic (exact) mass is 227 g/mol. The van der Waals surface area contributed by atoms with Gasteiger partial charge in [0, 0.05) is 0 Å². The van der Waals surface area contributed by atoms with Crippen LogP contribution in [0.1, 0.15) is 5.56 Å². The number of nitrogens with zero attached hydrogens (tertiary/aromatic N) is 1. The van der Waals surface area contributed by atoms with Gasteiger partial charge in [0.15, 0.2) is 5.65 Å². The van der Waals surface area contributed by atoms with Gasteiger partial charge in [0.05, 0.1) is 5.52 Å². The molecule has 12 heavy (non-hydrogen) atoms. The fourth-order valence-electron chi connectivity index (χ4n) is 1.13. The van der Waals surface area contributed by atoms with Gasteiger partial charge >= 0.3 is 5.69 Å². The second-order valence-corrected chi connectivity index (χ2v) is 3.38. The molecule has 0 aliphatic heterocycles. The Morgan fingerprint density at radius 3 is 3.00 bits per heavy atom. The van der Waals surface area contributed by atoms with E-state index in [9.17, 15) is 4.79 Å². The van der Waals surface area contributed by atoms with E-state index in [-0.39, 0.29) is 5.69 Å². The molecule has 0 bridgehead atoms. The lowest BCUT2D eigenvalue weighted by Gasteiger charge is -1.94. The first-order valence-electron chi connectivity index (χ1n) is 3.42. The Bertz CT molecular complexity index is 485. The average Bonchev–Trinajstić information content (AvgIpc) is 2.29. The first-order chi connectivity index (χ1) is 5.66. The van der Waals surface area contributed by atoms with Crippen molar-refractivity contribution in [3.05, 3.63) is 26.7 Å². The van der Waals surface area contributed by atoms with Crippen LogP contribution in [-0.2, 0) is 0 Å². The summed E-state index contributed by atoms with van der Waals surface area (Å²) in [5, 5.41) is 0. The highest BCUT2D eigenvalue weighted by Gasteiger charge is 2.03. The number of pyridine rings is 1. The van der Waals surface area contributed by atoms with Gasteiger partial charge in [0.1, 0.15) is 4.60 Å². The summed E-state index contributed by atoms with van der Waals surface area (Å²) in [6.45, 7) is 1.92. The molecule has 4 nitrogen and oxygen atoms in total. The zero-order valence-electron chi connectivity index (χ0n) is 6.31. The number of aromatic amines is 2. The van der Waals surface area contributed by atoms with Gasteiger partial charge in [-0.2, -0.15) is 0 Å². The van der Waals surface area contributed by atoms with Crippen LogP contribution in [0.5, 0.6) is 0 Å². The summed E-state index contributed by atoms with van der Waals surface area (Å²) in [5.74, 6) is 0. The van der Waals surface area contributed by atoms with Crippen molar-refractivity contribution in [1.29, 1.82) is 0 Å². The largest absolute Gasteiger partial charge is 0.325 e. The third kappa shape index (κ3) is 1.06. The van der Waals surface area contributed by atoms with Crippen LogP contribution in [0.2, 0.25) is 0 Å². The smallest absolute Gasteiger partial charge is 0.304 e. The molecule has 2 aromatic heterocycles. The molecule has 0 saturated heterocycles. The van der Waals surface area contributed by atoms with Gasteiger partial charge in [-0.05, 0) is 34.5 Å². The van der Waals surface area contributed by atoms with Crippen molar-refractivity contribution in [2.45, 2.75) is 6.92 Å². The molecule has 0 aliphatic carbocycles. The molecule has 0 unspecified atom stereocenters. The highest BCUT2D eigenvalue weighted by Crippen LogP contribution is 2.15. The number of H-pyrrole nitrogens is 2. The van der Waals surface area contributed by atoms with Crippen molar-refractivity contribution in [1.82, 2.24) is 15.0 Å². The molecule has 2 heterocycles. The number of hydrogen-bond donors (Lipinski definition) is 2. The van der Waals surface area contributed by atoms with E-state index in [0.717, 1.165) is 15.7 Å². The third-order valence-corrected chi connectivity index (χ3v) is 2.06. The minimum Gasteiger partial charge on any atom is -0.304 e. The third-order valence-electron chi connectivity index (χ3n) is 1.66. The van der Waals surface area contributed by atoms with Gasteiger partial charge in [0.25, 0.3) is 0 Å². The minimum absolute atomic E-state index is 0.223. The normalized spacial score (nSPS) is 10.8. The summed E-state index contributed by atoms with van der Waals surface area (Å²) in [6.07, 6.45) is 0. The number of fused-ring (bicyclic) bond motifs is 1. The predicted molar refractivity (Wildman–Crippen MR) is 49.2 cm³/mol. The summed E-state index contributed by atoms with van der Waals surface area (Å²) < 4.78 is 0.725. The molecular weight excluding hydrogens is 222 g/mol. The molecule has 0 radical (unpaired) electrons. The summed E-state index contributed by atoms with van der Waals surface area (Å²) >= 11 is 3.25. The van der Waals surface area contributed by atoms with E-state index in [4.69, 9.17) is 0 Å². The van der Waals surface area contributed by atoms with Crippen molar-refractivity contribution < 1.29 is 0 Å². The van der Waals surface area contributed by atoms with Gasteiger partial charge in [-0.3, -0.25) is 4.98 Å². The number of imidazole rings is 1. The second-order valence-electron chi connectivity index (χ2n) is 2.56. The molecule has 0 spiro atoms. The highest BCUT2D eigenvalue weighted by molar-refractivity contribution is 9.10. The molecule has 2 aromatic rings. The molecule has 2 N–H and O–H groups in total. The fraction of sp³-hybridized carbons (Fsp3) is 0.143. The molecule has 0 saturated carbocycles. The molecule has 5 heteroatoms. The van der Waals surface area contributed by atoms with E-state index in [0.29, 0.717) is 5.65 Å². The number of rotatable bonds is 0. The molecule has 0 atom stereocenters. The highest BCUT2D eigenvalue weighted by atomic mass is 79.9. The Hall–Kier alpha value is -1.10. The Labute approximate surface area is 76.2 Å². The van der Waals surface area contributed by atoms with Crippen molar-refractivity contribution in [3.63, 3.8) is 0 Å². The SMILES string of the molecule is Cc1cc(Br)nc2[nH]c(=O)[nH]c12. The summed E-state index contributed by atoms with van der Waals surface area (Å²) in [7, 11) is 0. The Balaban J connectivity index is 2.97. The van der Waals surface area contributed by atoms with Gasteiger partial charge in [-0.15, -0.1) is 0 Å². The van der Waals surface area contributed by atoms with E-state index in [1.165, 1.54) is 0 Å². The lowest BCUT2D eigenvalue weighted by molar-refractivity contribution is 1.20.